The molecule has 4 aromatic rings. The van der Waals surface area contributed by atoms with Crippen LogP contribution in [0.5, 0.6) is 0 Å². The number of carbonyl (C=O) groups excluding carboxylic acids is 1. The number of aromatic nitrogens is 4. The van der Waals surface area contributed by atoms with E-state index in [1.165, 1.54) is 4.68 Å². The topological polar surface area (TPSA) is 55.6 Å². The van der Waals surface area contributed by atoms with Crippen LogP contribution in [0.1, 0.15) is 21.9 Å². The number of nitrogens with zero attached hydrogens (tertiary/aromatic N) is 3. The van der Waals surface area contributed by atoms with Crippen molar-refractivity contribution in [1.82, 2.24) is 19.3 Å². The van der Waals surface area contributed by atoms with Gasteiger partial charge in [-0.1, -0.05) is 30.3 Å². The number of carbonyl (C=O) groups is 1. The van der Waals surface area contributed by atoms with Crippen molar-refractivity contribution in [2.24, 2.45) is 0 Å². The molecule has 0 aliphatic carbocycles. The molecule has 5 heteroatoms. The first-order chi connectivity index (χ1) is 12.1. The molecule has 5 nitrogen and oxygen atoms in total. The summed E-state index contributed by atoms with van der Waals surface area (Å²) in [5.74, 6) is -0.170. The van der Waals surface area contributed by atoms with Crippen LogP contribution in [0.15, 0.2) is 67.1 Å². The second kappa shape index (κ2) is 5.94. The lowest BCUT2D eigenvalue weighted by Crippen LogP contribution is -2.17. The predicted molar refractivity (Wildman–Crippen MR) is 97.0 cm³/mol. The highest BCUT2D eigenvalue weighted by Gasteiger charge is 2.22. The molecule has 0 spiro atoms. The number of hydrogen-bond donors (Lipinski definition) is 1. The molecule has 0 unspecified atom stereocenters. The minimum absolute atomic E-state index is 0.170. The van der Waals surface area contributed by atoms with Gasteiger partial charge in [0, 0.05) is 29.8 Å². The first kappa shape index (κ1) is 15.2. The molecule has 0 amide bonds. The van der Waals surface area contributed by atoms with Gasteiger partial charge in [-0.15, -0.1) is 0 Å². The number of nitrogens with one attached hydrogen (secondary N) is 1. The average molecular weight is 330 g/mol. The van der Waals surface area contributed by atoms with Crippen LogP contribution in [0, 0.1) is 13.8 Å². The summed E-state index contributed by atoms with van der Waals surface area (Å²) in [5.41, 5.74) is 5.01. The predicted octanol–water partition coefficient (Wildman–Crippen LogP) is 3.97. The molecule has 3 heterocycles. The second-order valence-electron chi connectivity index (χ2n) is 6.03. The zero-order chi connectivity index (χ0) is 17.4. The van der Waals surface area contributed by atoms with Gasteiger partial charge in [-0.25, -0.2) is 0 Å². The third-order valence-corrected chi connectivity index (χ3v) is 4.22. The van der Waals surface area contributed by atoms with Gasteiger partial charge in [-0.05, 0) is 37.6 Å². The van der Waals surface area contributed by atoms with Crippen LogP contribution in [0.2, 0.25) is 0 Å². The van der Waals surface area contributed by atoms with Gasteiger partial charge in [0.05, 0.1) is 11.4 Å². The molecule has 0 aliphatic heterocycles. The fourth-order valence-corrected chi connectivity index (χ4v) is 3.11. The van der Waals surface area contributed by atoms with Crippen molar-refractivity contribution in [3.05, 3.63) is 84.2 Å². The van der Waals surface area contributed by atoms with Gasteiger partial charge in [-0.3, -0.25) is 4.79 Å². The zero-order valence-electron chi connectivity index (χ0n) is 14.1. The molecule has 1 aromatic carbocycles. The van der Waals surface area contributed by atoms with Gasteiger partial charge in [0.15, 0.2) is 0 Å². The lowest BCUT2D eigenvalue weighted by molar-refractivity contribution is 0.0938. The minimum atomic E-state index is -0.170. The van der Waals surface area contributed by atoms with Crippen molar-refractivity contribution in [2.75, 3.05) is 0 Å². The molecular weight excluding hydrogens is 312 g/mol. The molecule has 0 atom stereocenters. The summed E-state index contributed by atoms with van der Waals surface area (Å²) in [7, 11) is 0. The molecule has 0 fully saturated rings. The Bertz CT molecular complexity index is 1020. The lowest BCUT2D eigenvalue weighted by atomic mass is 10.1. The largest absolute Gasteiger partial charge is 0.355 e. The van der Waals surface area contributed by atoms with E-state index >= 15 is 0 Å². The standard InChI is InChI=1S/C20H18N4O/c1-14-12-15(2)24(22-14)20(25)18-19(23-10-6-7-11-23)17(13-21-18)16-8-4-3-5-9-16/h3-13,21H,1-2H3. The Hall–Kier alpha value is -3.34. The highest BCUT2D eigenvalue weighted by atomic mass is 16.2. The van der Waals surface area contributed by atoms with Gasteiger partial charge < -0.3 is 9.55 Å². The van der Waals surface area contributed by atoms with E-state index in [0.29, 0.717) is 5.69 Å². The molecule has 1 N–H and O–H groups in total. The van der Waals surface area contributed by atoms with E-state index in [2.05, 4.69) is 10.1 Å². The van der Waals surface area contributed by atoms with Crippen LogP contribution in [-0.2, 0) is 0 Å². The van der Waals surface area contributed by atoms with Crippen molar-refractivity contribution >= 4 is 5.91 Å². The molecule has 25 heavy (non-hydrogen) atoms. The van der Waals surface area contributed by atoms with Crippen molar-refractivity contribution in [3.8, 4) is 16.8 Å². The first-order valence-corrected chi connectivity index (χ1v) is 8.13. The summed E-state index contributed by atoms with van der Waals surface area (Å²) in [6.07, 6.45) is 5.75. The molecule has 0 radical (unpaired) electrons. The van der Waals surface area contributed by atoms with Crippen molar-refractivity contribution in [1.29, 1.82) is 0 Å². The maximum Gasteiger partial charge on any atom is 0.296 e. The monoisotopic (exact) mass is 330 g/mol. The van der Waals surface area contributed by atoms with Crippen LogP contribution in [0.3, 0.4) is 0 Å². The summed E-state index contributed by atoms with van der Waals surface area (Å²) in [6.45, 7) is 3.77. The summed E-state index contributed by atoms with van der Waals surface area (Å²) in [5, 5.41) is 4.33. The van der Waals surface area contributed by atoms with Gasteiger partial charge in [0.1, 0.15) is 5.69 Å². The fraction of sp³-hybridized carbons (Fsp3) is 0.100. The Kier molecular flexibility index (Phi) is 3.61. The molecule has 3 aromatic heterocycles. The summed E-state index contributed by atoms with van der Waals surface area (Å²) >= 11 is 0. The normalized spacial score (nSPS) is 11.0. The van der Waals surface area contributed by atoms with Gasteiger partial charge in [-0.2, -0.15) is 9.78 Å². The number of rotatable bonds is 3. The van der Waals surface area contributed by atoms with Crippen LogP contribution in [0.4, 0.5) is 0 Å². The van der Waals surface area contributed by atoms with Crippen molar-refractivity contribution in [3.63, 3.8) is 0 Å². The molecule has 0 saturated carbocycles. The van der Waals surface area contributed by atoms with Gasteiger partial charge in [0.25, 0.3) is 5.91 Å². The van der Waals surface area contributed by atoms with E-state index in [0.717, 1.165) is 28.2 Å². The van der Waals surface area contributed by atoms with Crippen LogP contribution >= 0.6 is 0 Å². The van der Waals surface area contributed by atoms with E-state index in [-0.39, 0.29) is 5.91 Å². The van der Waals surface area contributed by atoms with E-state index < -0.39 is 0 Å². The quantitative estimate of drug-likeness (QED) is 0.618. The Morgan fingerprint density at radius 2 is 1.76 bits per heavy atom. The van der Waals surface area contributed by atoms with E-state index in [1.54, 1.807) is 0 Å². The number of aromatic amines is 1. The summed E-state index contributed by atoms with van der Waals surface area (Å²) < 4.78 is 3.40. The Labute approximate surface area is 145 Å². The highest BCUT2D eigenvalue weighted by molar-refractivity contribution is 6.00. The number of aryl methyl sites for hydroxylation is 2. The molecule has 0 aliphatic rings. The average Bonchev–Trinajstić information content (AvgIpc) is 3.33. The van der Waals surface area contributed by atoms with E-state index in [1.807, 2.05) is 85.5 Å². The van der Waals surface area contributed by atoms with E-state index in [4.69, 9.17) is 0 Å². The third-order valence-electron chi connectivity index (χ3n) is 4.22. The Morgan fingerprint density at radius 1 is 1.04 bits per heavy atom. The van der Waals surface area contributed by atoms with Crippen LogP contribution in [0.25, 0.3) is 16.8 Å². The Morgan fingerprint density at radius 3 is 2.40 bits per heavy atom. The minimum Gasteiger partial charge on any atom is -0.355 e. The summed E-state index contributed by atoms with van der Waals surface area (Å²) in [6, 6.07) is 15.8. The number of hydrogen-bond acceptors (Lipinski definition) is 2. The van der Waals surface area contributed by atoms with Crippen molar-refractivity contribution in [2.45, 2.75) is 13.8 Å². The fourth-order valence-electron chi connectivity index (χ4n) is 3.11. The maximum absolute atomic E-state index is 13.1. The second-order valence-corrected chi connectivity index (χ2v) is 6.03. The lowest BCUT2D eigenvalue weighted by Gasteiger charge is -2.09. The molecular formula is C20H18N4O. The smallest absolute Gasteiger partial charge is 0.296 e. The molecule has 0 saturated heterocycles. The molecule has 0 bridgehead atoms. The maximum atomic E-state index is 13.1. The number of H-pyrrole nitrogens is 1. The zero-order valence-corrected chi connectivity index (χ0v) is 14.1. The van der Waals surface area contributed by atoms with Gasteiger partial charge in [0.2, 0.25) is 0 Å². The van der Waals surface area contributed by atoms with Crippen LogP contribution < -0.4 is 0 Å². The number of benzene rings is 1. The van der Waals surface area contributed by atoms with Crippen LogP contribution in [-0.4, -0.2) is 25.2 Å². The van der Waals surface area contributed by atoms with Crippen molar-refractivity contribution < 1.29 is 4.79 Å². The SMILES string of the molecule is Cc1cc(C)n(C(=O)c2[nH]cc(-c3ccccc3)c2-n2cccc2)n1. The Balaban J connectivity index is 1.91. The first-order valence-electron chi connectivity index (χ1n) is 8.13. The van der Waals surface area contributed by atoms with Gasteiger partial charge >= 0.3 is 0 Å². The molecule has 4 rings (SSSR count). The van der Waals surface area contributed by atoms with E-state index in [9.17, 15) is 4.79 Å². The third kappa shape index (κ3) is 2.59. The summed E-state index contributed by atoms with van der Waals surface area (Å²) in [4.78, 5) is 16.3. The molecule has 124 valence electrons. The highest BCUT2D eigenvalue weighted by Crippen LogP contribution is 2.30.